The Balaban J connectivity index is 2.73. The van der Waals surface area contributed by atoms with E-state index in [4.69, 9.17) is 4.74 Å². The highest BCUT2D eigenvalue weighted by molar-refractivity contribution is 9.10. The summed E-state index contributed by atoms with van der Waals surface area (Å²) < 4.78 is 6.49. The largest absolute Gasteiger partial charge is 0.495 e. The summed E-state index contributed by atoms with van der Waals surface area (Å²) in [5, 5.41) is 0. The van der Waals surface area contributed by atoms with Gasteiger partial charge in [-0.2, -0.15) is 0 Å². The zero-order valence-corrected chi connectivity index (χ0v) is 13.1. The van der Waals surface area contributed by atoms with Crippen LogP contribution < -0.4 is 4.74 Å². The fourth-order valence-electron chi connectivity index (χ4n) is 2.51. The van der Waals surface area contributed by atoms with E-state index < -0.39 is 0 Å². The molecule has 0 fully saturated rings. The Kier molecular flexibility index (Phi) is 3.30. The second-order valence-electron chi connectivity index (χ2n) is 6.02. The lowest BCUT2D eigenvalue weighted by molar-refractivity contribution is 0.0946. The Morgan fingerprint density at radius 1 is 1.39 bits per heavy atom. The minimum Gasteiger partial charge on any atom is -0.495 e. The Morgan fingerprint density at radius 2 is 2.00 bits per heavy atom. The summed E-state index contributed by atoms with van der Waals surface area (Å²) in [5.74, 6) is 1.19. The molecule has 0 saturated heterocycles. The number of fused-ring (bicyclic) bond motifs is 1. The molecule has 98 valence electrons. The molecule has 1 aromatic carbocycles. The van der Waals surface area contributed by atoms with Crippen LogP contribution in [-0.4, -0.2) is 12.9 Å². The quantitative estimate of drug-likeness (QED) is 0.779. The van der Waals surface area contributed by atoms with Crippen LogP contribution >= 0.6 is 15.9 Å². The Labute approximate surface area is 117 Å². The molecule has 2 rings (SSSR count). The van der Waals surface area contributed by atoms with Gasteiger partial charge < -0.3 is 4.74 Å². The third-order valence-electron chi connectivity index (χ3n) is 3.56. The van der Waals surface area contributed by atoms with Crippen LogP contribution in [0.4, 0.5) is 0 Å². The predicted octanol–water partition coefficient (Wildman–Crippen LogP) is 4.13. The lowest BCUT2D eigenvalue weighted by Crippen LogP contribution is -2.15. The van der Waals surface area contributed by atoms with Crippen molar-refractivity contribution in [2.24, 2.45) is 5.92 Å². The molecule has 1 aliphatic carbocycles. The van der Waals surface area contributed by atoms with Crippen molar-refractivity contribution in [1.29, 1.82) is 0 Å². The number of carbonyl (C=O) groups excluding carboxylic acids is 1. The molecule has 1 aromatic rings. The zero-order chi connectivity index (χ0) is 13.7. The molecular formula is C15H19BrO2. The fraction of sp³-hybridized carbons (Fsp3) is 0.533. The van der Waals surface area contributed by atoms with Crippen LogP contribution in [0.15, 0.2) is 10.5 Å². The molecule has 1 aliphatic rings. The van der Waals surface area contributed by atoms with Gasteiger partial charge in [-0.15, -0.1) is 0 Å². The van der Waals surface area contributed by atoms with Crippen LogP contribution in [-0.2, 0) is 11.8 Å². The number of carbonyl (C=O) groups is 1. The monoisotopic (exact) mass is 310 g/mol. The number of hydrogen-bond donors (Lipinski definition) is 0. The van der Waals surface area contributed by atoms with Crippen molar-refractivity contribution < 1.29 is 9.53 Å². The van der Waals surface area contributed by atoms with E-state index in [1.807, 2.05) is 13.0 Å². The Morgan fingerprint density at radius 3 is 2.50 bits per heavy atom. The third kappa shape index (κ3) is 1.99. The number of ketones is 1. The van der Waals surface area contributed by atoms with Crippen molar-refractivity contribution in [3.63, 3.8) is 0 Å². The van der Waals surface area contributed by atoms with Gasteiger partial charge in [-0.3, -0.25) is 4.79 Å². The maximum atomic E-state index is 12.2. The highest BCUT2D eigenvalue weighted by atomic mass is 79.9. The highest BCUT2D eigenvalue weighted by Gasteiger charge is 2.33. The van der Waals surface area contributed by atoms with Crippen LogP contribution in [0, 0.1) is 5.92 Å². The van der Waals surface area contributed by atoms with Crippen molar-refractivity contribution in [2.75, 3.05) is 7.11 Å². The van der Waals surface area contributed by atoms with Gasteiger partial charge in [0.1, 0.15) is 5.75 Å². The van der Waals surface area contributed by atoms with E-state index >= 15 is 0 Å². The van der Waals surface area contributed by atoms with Crippen molar-refractivity contribution in [3.05, 3.63) is 27.2 Å². The number of rotatable bonds is 1. The molecule has 0 bridgehead atoms. The summed E-state index contributed by atoms with van der Waals surface area (Å²) >= 11 is 3.61. The summed E-state index contributed by atoms with van der Waals surface area (Å²) in [5.41, 5.74) is 2.99. The van der Waals surface area contributed by atoms with Crippen LogP contribution in [0.25, 0.3) is 0 Å². The first-order valence-corrected chi connectivity index (χ1v) is 7.00. The minimum atomic E-state index is -0.0466. The molecule has 0 N–H and O–H groups in total. The minimum absolute atomic E-state index is 0.0466. The molecule has 0 radical (unpaired) electrons. The second kappa shape index (κ2) is 4.37. The molecule has 0 aliphatic heterocycles. The van der Waals surface area contributed by atoms with Gasteiger partial charge in [0.2, 0.25) is 0 Å². The van der Waals surface area contributed by atoms with Gasteiger partial charge in [0.05, 0.1) is 11.6 Å². The predicted molar refractivity (Wildman–Crippen MR) is 76.6 cm³/mol. The number of hydrogen-bond acceptors (Lipinski definition) is 2. The first-order chi connectivity index (χ1) is 8.27. The maximum absolute atomic E-state index is 12.2. The third-order valence-corrected chi connectivity index (χ3v) is 4.40. The Bertz CT molecular complexity index is 512. The lowest BCUT2D eigenvalue weighted by atomic mass is 9.84. The molecular weight excluding hydrogens is 292 g/mol. The van der Waals surface area contributed by atoms with E-state index in [-0.39, 0.29) is 17.1 Å². The van der Waals surface area contributed by atoms with Crippen molar-refractivity contribution >= 4 is 21.7 Å². The maximum Gasteiger partial charge on any atom is 0.166 e. The van der Waals surface area contributed by atoms with Gasteiger partial charge in [0.25, 0.3) is 0 Å². The summed E-state index contributed by atoms with van der Waals surface area (Å²) in [7, 11) is 1.68. The summed E-state index contributed by atoms with van der Waals surface area (Å²) in [6.07, 6.45) is 0.801. The van der Waals surface area contributed by atoms with Gasteiger partial charge in [0.15, 0.2) is 5.78 Å². The van der Waals surface area contributed by atoms with Gasteiger partial charge in [-0.1, -0.05) is 27.7 Å². The molecule has 2 nitrogen and oxygen atoms in total. The average Bonchev–Trinajstić information content (AvgIpc) is 2.55. The SMILES string of the molecule is COc1c(C(C)(C)C)cc2c(c1Br)C[C@@H](C)C2=O. The van der Waals surface area contributed by atoms with Crippen LogP contribution in [0.3, 0.4) is 0 Å². The first kappa shape index (κ1) is 13.6. The molecule has 0 aromatic heterocycles. The molecule has 1 atom stereocenters. The molecule has 3 heteroatoms. The number of ether oxygens (including phenoxy) is 1. The summed E-state index contributed by atoms with van der Waals surface area (Å²) in [6, 6.07) is 2.02. The van der Waals surface area contributed by atoms with Gasteiger partial charge in [-0.25, -0.2) is 0 Å². The van der Waals surface area contributed by atoms with Gasteiger partial charge in [0, 0.05) is 17.0 Å². The highest BCUT2D eigenvalue weighted by Crippen LogP contribution is 2.44. The standard InChI is InChI=1S/C15H19BrO2/c1-8-6-9-10(13(8)17)7-11(15(2,3)4)14(18-5)12(9)16/h7-8H,6H2,1-5H3/t8-/m1/s1. The van der Waals surface area contributed by atoms with E-state index in [1.54, 1.807) is 7.11 Å². The van der Waals surface area contributed by atoms with Crippen molar-refractivity contribution in [1.82, 2.24) is 0 Å². The number of halogens is 1. The molecule has 0 spiro atoms. The average molecular weight is 311 g/mol. The molecule has 0 saturated carbocycles. The van der Waals surface area contributed by atoms with Crippen molar-refractivity contribution in [2.45, 2.75) is 39.5 Å². The van der Waals surface area contributed by atoms with E-state index in [1.165, 1.54) is 0 Å². The first-order valence-electron chi connectivity index (χ1n) is 6.21. The number of Topliss-reactive ketones (excluding diaryl/α,β-unsaturated/α-hetero) is 1. The fourth-order valence-corrected chi connectivity index (χ4v) is 3.26. The number of methoxy groups -OCH3 is 1. The van der Waals surface area contributed by atoms with E-state index in [0.29, 0.717) is 0 Å². The number of benzene rings is 1. The topological polar surface area (TPSA) is 26.3 Å². The lowest BCUT2D eigenvalue weighted by Gasteiger charge is -2.24. The molecule has 18 heavy (non-hydrogen) atoms. The van der Waals surface area contributed by atoms with Crippen LogP contribution in [0.1, 0.15) is 49.2 Å². The summed E-state index contributed by atoms with van der Waals surface area (Å²) in [4.78, 5) is 12.2. The normalized spacial score (nSPS) is 19.0. The molecule has 0 heterocycles. The van der Waals surface area contributed by atoms with Crippen LogP contribution in [0.2, 0.25) is 0 Å². The van der Waals surface area contributed by atoms with Gasteiger partial charge in [-0.05, 0) is 39.4 Å². The second-order valence-corrected chi connectivity index (χ2v) is 6.81. The molecule has 0 amide bonds. The van der Waals surface area contributed by atoms with E-state index in [2.05, 4.69) is 36.7 Å². The van der Waals surface area contributed by atoms with E-state index in [9.17, 15) is 4.79 Å². The zero-order valence-electron chi connectivity index (χ0n) is 11.6. The summed E-state index contributed by atoms with van der Waals surface area (Å²) in [6.45, 7) is 8.38. The van der Waals surface area contributed by atoms with E-state index in [0.717, 1.165) is 33.3 Å². The molecule has 0 unspecified atom stereocenters. The van der Waals surface area contributed by atoms with Crippen molar-refractivity contribution in [3.8, 4) is 5.75 Å². The van der Waals surface area contributed by atoms with Gasteiger partial charge >= 0.3 is 0 Å². The van der Waals surface area contributed by atoms with Crippen LogP contribution in [0.5, 0.6) is 5.75 Å². The smallest absolute Gasteiger partial charge is 0.166 e. The Hall–Kier alpha value is -0.830.